The predicted molar refractivity (Wildman–Crippen MR) is 98.1 cm³/mol. The zero-order valence-electron chi connectivity index (χ0n) is 14.7. The number of nitrogens with zero attached hydrogens (tertiary/aromatic N) is 3. The van der Waals surface area contributed by atoms with E-state index in [1.807, 2.05) is 55.7 Å². The topological polar surface area (TPSA) is 88.9 Å². The maximum atomic E-state index is 11.9. The second-order valence-corrected chi connectivity index (χ2v) is 6.65. The highest BCUT2D eigenvalue weighted by atomic mass is 32.2. The van der Waals surface area contributed by atoms with Gasteiger partial charge in [-0.3, -0.25) is 9.59 Å². The highest BCUT2D eigenvalue weighted by molar-refractivity contribution is 7.99. The monoisotopic (exact) mass is 361 g/mol. The van der Waals surface area contributed by atoms with Crippen LogP contribution in [0.5, 0.6) is 0 Å². The first-order chi connectivity index (χ1) is 12.0. The number of rotatable bonds is 8. The van der Waals surface area contributed by atoms with Crippen molar-refractivity contribution in [3.8, 4) is 11.4 Å². The summed E-state index contributed by atoms with van der Waals surface area (Å²) in [5.74, 6) is 0.552. The Bertz CT molecular complexity index is 715. The molecule has 0 atom stereocenters. The van der Waals surface area contributed by atoms with Crippen molar-refractivity contribution in [1.29, 1.82) is 0 Å². The van der Waals surface area contributed by atoms with E-state index in [0.717, 1.165) is 11.4 Å². The molecule has 2 aromatic rings. The first-order valence-corrected chi connectivity index (χ1v) is 9.17. The van der Waals surface area contributed by atoms with Gasteiger partial charge in [-0.25, -0.2) is 0 Å². The SMILES string of the molecule is CCn1c(SCC(=O)NCC(=O)NC(C)C)nnc1-c1ccccc1. The molecule has 0 saturated carbocycles. The molecule has 25 heavy (non-hydrogen) atoms. The number of amides is 2. The van der Waals surface area contributed by atoms with Crippen LogP contribution in [0.2, 0.25) is 0 Å². The van der Waals surface area contributed by atoms with Crippen LogP contribution < -0.4 is 10.6 Å². The van der Waals surface area contributed by atoms with Gasteiger partial charge < -0.3 is 15.2 Å². The number of aromatic nitrogens is 3. The highest BCUT2D eigenvalue weighted by Crippen LogP contribution is 2.23. The summed E-state index contributed by atoms with van der Waals surface area (Å²) in [6.07, 6.45) is 0. The van der Waals surface area contributed by atoms with E-state index in [1.54, 1.807) is 0 Å². The number of hydrogen-bond acceptors (Lipinski definition) is 5. The van der Waals surface area contributed by atoms with Gasteiger partial charge in [0.15, 0.2) is 11.0 Å². The van der Waals surface area contributed by atoms with Crippen molar-refractivity contribution in [3.63, 3.8) is 0 Å². The van der Waals surface area contributed by atoms with E-state index < -0.39 is 0 Å². The third kappa shape index (κ3) is 5.60. The number of benzene rings is 1. The third-order valence-electron chi connectivity index (χ3n) is 3.29. The maximum absolute atomic E-state index is 11.9. The quantitative estimate of drug-likeness (QED) is 0.699. The lowest BCUT2D eigenvalue weighted by atomic mass is 10.2. The molecule has 0 aliphatic heterocycles. The highest BCUT2D eigenvalue weighted by Gasteiger charge is 2.14. The van der Waals surface area contributed by atoms with Crippen molar-refractivity contribution in [2.45, 2.75) is 38.5 Å². The van der Waals surface area contributed by atoms with E-state index in [9.17, 15) is 9.59 Å². The molecule has 134 valence electrons. The minimum atomic E-state index is -0.212. The molecule has 2 amide bonds. The lowest BCUT2D eigenvalue weighted by Crippen LogP contribution is -2.40. The molecule has 7 nitrogen and oxygen atoms in total. The molecule has 0 saturated heterocycles. The molecule has 0 aliphatic carbocycles. The average molecular weight is 361 g/mol. The second-order valence-electron chi connectivity index (χ2n) is 5.70. The maximum Gasteiger partial charge on any atom is 0.239 e. The number of carbonyl (C=O) groups excluding carboxylic acids is 2. The molecule has 2 rings (SSSR count). The van der Waals surface area contributed by atoms with Gasteiger partial charge in [-0.15, -0.1) is 10.2 Å². The second kappa shape index (κ2) is 9.22. The number of carbonyl (C=O) groups is 2. The first-order valence-electron chi connectivity index (χ1n) is 8.18. The molecular weight excluding hydrogens is 338 g/mol. The number of thioether (sulfide) groups is 1. The Kier molecular flexibility index (Phi) is 7.00. The van der Waals surface area contributed by atoms with Crippen LogP contribution in [0.4, 0.5) is 0 Å². The van der Waals surface area contributed by atoms with Crippen LogP contribution >= 0.6 is 11.8 Å². The summed E-state index contributed by atoms with van der Waals surface area (Å²) in [6, 6.07) is 9.86. The van der Waals surface area contributed by atoms with Gasteiger partial charge in [-0.2, -0.15) is 0 Å². The van der Waals surface area contributed by atoms with Crippen LogP contribution in [0.25, 0.3) is 11.4 Å². The van der Waals surface area contributed by atoms with Gasteiger partial charge in [-0.05, 0) is 20.8 Å². The fourth-order valence-corrected chi connectivity index (χ4v) is 3.05. The van der Waals surface area contributed by atoms with E-state index >= 15 is 0 Å². The summed E-state index contributed by atoms with van der Waals surface area (Å²) in [4.78, 5) is 23.4. The summed E-state index contributed by atoms with van der Waals surface area (Å²) < 4.78 is 1.97. The normalized spacial score (nSPS) is 10.7. The van der Waals surface area contributed by atoms with Crippen LogP contribution in [0.1, 0.15) is 20.8 Å². The molecule has 0 aliphatic rings. The van der Waals surface area contributed by atoms with Crippen molar-refractivity contribution in [2.24, 2.45) is 0 Å². The lowest BCUT2D eigenvalue weighted by molar-refractivity contribution is -0.125. The molecule has 0 unspecified atom stereocenters. The zero-order chi connectivity index (χ0) is 18.2. The summed E-state index contributed by atoms with van der Waals surface area (Å²) >= 11 is 1.31. The van der Waals surface area contributed by atoms with Crippen molar-refractivity contribution in [1.82, 2.24) is 25.4 Å². The van der Waals surface area contributed by atoms with E-state index in [-0.39, 0.29) is 30.2 Å². The van der Waals surface area contributed by atoms with E-state index in [2.05, 4.69) is 20.8 Å². The minimum Gasteiger partial charge on any atom is -0.352 e. The Hall–Kier alpha value is -2.35. The smallest absolute Gasteiger partial charge is 0.239 e. The first kappa shape index (κ1) is 19.0. The molecule has 0 radical (unpaired) electrons. The Labute approximate surface area is 151 Å². The molecule has 1 heterocycles. The van der Waals surface area contributed by atoms with Crippen LogP contribution in [-0.2, 0) is 16.1 Å². The van der Waals surface area contributed by atoms with E-state index in [1.165, 1.54) is 11.8 Å². The summed E-state index contributed by atoms with van der Waals surface area (Å²) in [6.45, 7) is 6.44. The van der Waals surface area contributed by atoms with Crippen LogP contribution in [0.3, 0.4) is 0 Å². The van der Waals surface area contributed by atoms with E-state index in [0.29, 0.717) is 11.7 Å². The molecular formula is C17H23N5O2S. The van der Waals surface area contributed by atoms with Gasteiger partial charge in [0.2, 0.25) is 11.8 Å². The number of hydrogen-bond donors (Lipinski definition) is 2. The van der Waals surface area contributed by atoms with Gasteiger partial charge in [0, 0.05) is 18.2 Å². The minimum absolute atomic E-state index is 0.0205. The molecule has 0 fully saturated rings. The molecule has 1 aromatic carbocycles. The van der Waals surface area contributed by atoms with Gasteiger partial charge >= 0.3 is 0 Å². The summed E-state index contributed by atoms with van der Waals surface area (Å²) in [7, 11) is 0. The molecule has 2 N–H and O–H groups in total. The summed E-state index contributed by atoms with van der Waals surface area (Å²) in [5, 5.41) is 14.4. The lowest BCUT2D eigenvalue weighted by Gasteiger charge is -2.09. The molecule has 0 spiro atoms. The predicted octanol–water partition coefficient (Wildman–Crippen LogP) is 1.70. The molecule has 8 heteroatoms. The average Bonchev–Trinajstić information content (AvgIpc) is 3.01. The zero-order valence-corrected chi connectivity index (χ0v) is 15.5. The molecule has 1 aromatic heterocycles. The third-order valence-corrected chi connectivity index (χ3v) is 4.26. The van der Waals surface area contributed by atoms with E-state index in [4.69, 9.17) is 0 Å². The Morgan fingerprint density at radius 3 is 2.52 bits per heavy atom. The van der Waals surface area contributed by atoms with Gasteiger partial charge in [-0.1, -0.05) is 42.1 Å². The van der Waals surface area contributed by atoms with Crippen molar-refractivity contribution in [3.05, 3.63) is 30.3 Å². The van der Waals surface area contributed by atoms with Crippen molar-refractivity contribution in [2.75, 3.05) is 12.3 Å². The van der Waals surface area contributed by atoms with Gasteiger partial charge in [0.05, 0.1) is 12.3 Å². The Balaban J connectivity index is 1.92. The molecule has 0 bridgehead atoms. The standard InChI is InChI=1S/C17H23N5O2S/c1-4-22-16(13-8-6-5-7-9-13)20-21-17(22)25-11-15(24)18-10-14(23)19-12(2)3/h5-9,12H,4,10-11H2,1-3H3,(H,18,24)(H,19,23). The van der Waals surface area contributed by atoms with Crippen LogP contribution in [-0.4, -0.2) is 44.9 Å². The number of nitrogens with one attached hydrogen (secondary N) is 2. The Morgan fingerprint density at radius 1 is 1.16 bits per heavy atom. The fourth-order valence-electron chi connectivity index (χ4n) is 2.21. The summed E-state index contributed by atoms with van der Waals surface area (Å²) in [5.41, 5.74) is 0.985. The fraction of sp³-hybridized carbons (Fsp3) is 0.412. The van der Waals surface area contributed by atoms with Crippen molar-refractivity contribution < 1.29 is 9.59 Å². The van der Waals surface area contributed by atoms with Crippen molar-refractivity contribution >= 4 is 23.6 Å². The Morgan fingerprint density at radius 2 is 1.88 bits per heavy atom. The van der Waals surface area contributed by atoms with Crippen LogP contribution in [0, 0.1) is 0 Å². The van der Waals surface area contributed by atoms with Crippen LogP contribution in [0.15, 0.2) is 35.5 Å². The van der Waals surface area contributed by atoms with Gasteiger partial charge in [0.1, 0.15) is 0 Å². The van der Waals surface area contributed by atoms with Gasteiger partial charge in [0.25, 0.3) is 0 Å². The largest absolute Gasteiger partial charge is 0.352 e.